The van der Waals surface area contributed by atoms with Gasteiger partial charge in [-0.2, -0.15) is 5.10 Å². The Hall–Kier alpha value is -2.39. The summed E-state index contributed by atoms with van der Waals surface area (Å²) in [7, 11) is -3.46. The van der Waals surface area contributed by atoms with Crippen molar-refractivity contribution in [2.45, 2.75) is 62.8 Å². The summed E-state index contributed by atoms with van der Waals surface area (Å²) < 4.78 is 24.1. The van der Waals surface area contributed by atoms with Crippen LogP contribution in [0.25, 0.3) is 0 Å². The number of nitrogens with zero attached hydrogens (tertiary/aromatic N) is 3. The molecule has 2 heterocycles. The van der Waals surface area contributed by atoms with E-state index in [9.17, 15) is 9.00 Å². The van der Waals surface area contributed by atoms with E-state index in [1.807, 2.05) is 0 Å². The topological polar surface area (TPSA) is 112 Å². The molecule has 2 amide bonds. The number of nitrogens with two attached hydrogens (primary N) is 1. The molecule has 0 saturated heterocycles. The third-order valence-electron chi connectivity index (χ3n) is 6.14. The number of carbonyl (C=O) groups is 1. The minimum atomic E-state index is -3.46. The van der Waals surface area contributed by atoms with Gasteiger partial charge < -0.3 is 10.1 Å². The van der Waals surface area contributed by atoms with E-state index in [-0.39, 0.29) is 4.90 Å². The number of benzene rings is 1. The van der Waals surface area contributed by atoms with E-state index in [0.717, 1.165) is 44.2 Å². The number of carbonyl (C=O) groups excluding carboxylic acids is 1. The molecule has 2 aromatic rings. The van der Waals surface area contributed by atoms with Crippen molar-refractivity contribution in [2.24, 2.45) is 9.50 Å². The maximum Gasteiger partial charge on any atom is 0.354 e. The fourth-order valence-electron chi connectivity index (χ4n) is 4.80. The second-order valence-corrected chi connectivity index (χ2v) is 9.84. The van der Waals surface area contributed by atoms with Crippen molar-refractivity contribution < 1.29 is 13.7 Å². The predicted octanol–water partition coefficient (Wildman–Crippen LogP) is 3.14. The van der Waals surface area contributed by atoms with Crippen molar-refractivity contribution in [2.75, 3.05) is 11.9 Å². The number of aromatic nitrogens is 2. The summed E-state index contributed by atoms with van der Waals surface area (Å²) in [5.74, 6) is 0.722. The van der Waals surface area contributed by atoms with Crippen LogP contribution in [-0.2, 0) is 35.7 Å². The number of aryl methyl sites for hydroxylation is 3. The lowest BCUT2D eigenvalue weighted by molar-refractivity contribution is 0.224. The molecule has 3 aliphatic rings. The van der Waals surface area contributed by atoms with Crippen molar-refractivity contribution >= 4 is 21.6 Å². The molecular formula is C20H25N5O3S. The molecule has 0 radical (unpaired) electrons. The van der Waals surface area contributed by atoms with Crippen molar-refractivity contribution in [1.82, 2.24) is 9.78 Å². The van der Waals surface area contributed by atoms with E-state index in [1.165, 1.54) is 28.5 Å². The molecule has 2 atom stereocenters. The Morgan fingerprint density at radius 1 is 1.34 bits per heavy atom. The number of urea groups is 1. The molecule has 2 aliphatic carbocycles. The first-order valence-electron chi connectivity index (χ1n) is 10.2. The third-order valence-corrected chi connectivity index (χ3v) is 7.49. The zero-order chi connectivity index (χ0) is 20.2. The Bertz CT molecular complexity index is 1130. The Labute approximate surface area is 170 Å². The van der Waals surface area contributed by atoms with Crippen LogP contribution in [0.4, 0.5) is 10.5 Å². The lowest BCUT2D eigenvalue weighted by Crippen LogP contribution is -2.21. The van der Waals surface area contributed by atoms with Gasteiger partial charge in [-0.05, 0) is 60.3 Å². The van der Waals surface area contributed by atoms with Gasteiger partial charge in [0.25, 0.3) is 0 Å². The van der Waals surface area contributed by atoms with Gasteiger partial charge in [0, 0.05) is 18.7 Å². The van der Waals surface area contributed by atoms with Crippen LogP contribution < -0.4 is 15.2 Å². The van der Waals surface area contributed by atoms with E-state index in [1.54, 1.807) is 4.68 Å². The van der Waals surface area contributed by atoms with E-state index in [4.69, 9.17) is 9.88 Å². The van der Waals surface area contributed by atoms with Crippen LogP contribution in [0.15, 0.2) is 21.5 Å². The molecule has 0 fully saturated rings. The Kier molecular flexibility index (Phi) is 4.40. The molecule has 0 spiro atoms. The number of amides is 2. The van der Waals surface area contributed by atoms with Crippen molar-refractivity contribution in [3.05, 3.63) is 34.5 Å². The van der Waals surface area contributed by atoms with Crippen molar-refractivity contribution in [1.29, 1.82) is 0 Å². The van der Waals surface area contributed by atoms with Gasteiger partial charge >= 0.3 is 6.03 Å². The van der Waals surface area contributed by atoms with Crippen molar-refractivity contribution in [3.8, 4) is 5.88 Å². The molecule has 1 aromatic carbocycles. The molecule has 8 nitrogen and oxygen atoms in total. The number of fused-ring (bicyclic) bond motifs is 3. The first kappa shape index (κ1) is 18.6. The average Bonchev–Trinajstić information content (AvgIpc) is 3.39. The van der Waals surface area contributed by atoms with Gasteiger partial charge in [-0.1, -0.05) is 13.0 Å². The second kappa shape index (κ2) is 6.84. The number of anilines is 1. The number of nitrogens with one attached hydrogen (secondary N) is 1. The third kappa shape index (κ3) is 3.12. The zero-order valence-corrected chi connectivity index (χ0v) is 17.3. The fraction of sp³-hybridized carbons (Fsp3) is 0.500. The normalized spacial score (nSPS) is 21.5. The Morgan fingerprint density at radius 2 is 2.21 bits per heavy atom. The summed E-state index contributed by atoms with van der Waals surface area (Å²) in [6, 6.07) is 1.62. The van der Waals surface area contributed by atoms with Crippen LogP contribution in [0.3, 0.4) is 0 Å². The minimum Gasteiger partial charge on any atom is -0.477 e. The summed E-state index contributed by atoms with van der Waals surface area (Å²) in [5, 5.41) is 13.1. The van der Waals surface area contributed by atoms with Crippen molar-refractivity contribution in [3.63, 3.8) is 0 Å². The summed E-state index contributed by atoms with van der Waals surface area (Å²) in [5.41, 5.74) is 5.86. The predicted molar refractivity (Wildman–Crippen MR) is 110 cm³/mol. The zero-order valence-electron chi connectivity index (χ0n) is 16.4. The molecule has 0 bridgehead atoms. The maximum absolute atomic E-state index is 13.1. The molecule has 1 aliphatic heterocycles. The van der Waals surface area contributed by atoms with Crippen LogP contribution in [0.1, 0.15) is 54.4 Å². The summed E-state index contributed by atoms with van der Waals surface area (Å²) in [6.45, 7) is 3.35. The molecule has 154 valence electrons. The lowest BCUT2D eigenvalue weighted by Gasteiger charge is -2.18. The van der Waals surface area contributed by atoms with Crippen LogP contribution >= 0.6 is 0 Å². The monoisotopic (exact) mass is 415 g/mol. The molecule has 0 unspecified atom stereocenters. The number of hydrogen-bond donors (Lipinski definition) is 2. The van der Waals surface area contributed by atoms with E-state index in [2.05, 4.69) is 27.8 Å². The smallest absolute Gasteiger partial charge is 0.354 e. The van der Waals surface area contributed by atoms with E-state index >= 15 is 0 Å². The first-order chi connectivity index (χ1) is 13.9. The molecule has 5 rings (SSSR count). The van der Waals surface area contributed by atoms with Gasteiger partial charge in [-0.3, -0.25) is 0 Å². The highest BCUT2D eigenvalue weighted by molar-refractivity contribution is 7.91. The second-order valence-electron chi connectivity index (χ2n) is 8.08. The summed E-state index contributed by atoms with van der Waals surface area (Å²) in [4.78, 5) is 13.0. The molecule has 9 heteroatoms. The standard InChI is InChI=1S/C20H25N5O3S/c1-12-6-7-14-10-13-4-2-5-15(13)18(17(12)14)23-20(26)24-29(21,27)16-11-22-25-8-3-9-28-19(16)25/h10-12H,2-9H2,1H3,(H3,21,23,24,26,27)/t12-,29+/m0/s1. The summed E-state index contributed by atoms with van der Waals surface area (Å²) >= 11 is 0. The average molecular weight is 416 g/mol. The fourth-order valence-corrected chi connectivity index (χ4v) is 5.80. The van der Waals surface area contributed by atoms with Gasteiger partial charge in [-0.15, -0.1) is 4.36 Å². The maximum atomic E-state index is 13.1. The minimum absolute atomic E-state index is 0.171. The van der Waals surface area contributed by atoms with Crippen LogP contribution in [0, 0.1) is 0 Å². The van der Waals surface area contributed by atoms with Crippen LogP contribution in [-0.4, -0.2) is 26.6 Å². The van der Waals surface area contributed by atoms with E-state index < -0.39 is 15.9 Å². The van der Waals surface area contributed by atoms with Crippen LogP contribution in [0.2, 0.25) is 0 Å². The quantitative estimate of drug-likeness (QED) is 0.785. The Morgan fingerprint density at radius 3 is 3.07 bits per heavy atom. The number of ether oxygens (including phenoxy) is 1. The van der Waals surface area contributed by atoms with E-state index in [0.29, 0.717) is 24.9 Å². The van der Waals surface area contributed by atoms with Crippen LogP contribution in [0.5, 0.6) is 5.88 Å². The highest BCUT2D eigenvalue weighted by Gasteiger charge is 2.29. The summed E-state index contributed by atoms with van der Waals surface area (Å²) in [6.07, 6.45) is 7.36. The van der Waals surface area contributed by atoms with Gasteiger partial charge in [0.15, 0.2) is 9.92 Å². The number of hydrogen-bond acceptors (Lipinski definition) is 4. The highest BCUT2D eigenvalue weighted by Crippen LogP contribution is 2.44. The molecular weight excluding hydrogens is 390 g/mol. The largest absolute Gasteiger partial charge is 0.477 e. The highest BCUT2D eigenvalue weighted by atomic mass is 32.2. The Balaban J connectivity index is 1.50. The molecule has 0 saturated carbocycles. The molecule has 1 aromatic heterocycles. The van der Waals surface area contributed by atoms with Gasteiger partial charge in [-0.25, -0.2) is 18.8 Å². The molecule has 3 N–H and O–H groups in total. The number of rotatable bonds is 2. The SMILES string of the molecule is C[C@H]1CCc2cc3c(c(NC(=O)N=[S@@](N)(=O)c4cnn5c4OCCC5)c21)CCC3. The first-order valence-corrected chi connectivity index (χ1v) is 11.7. The van der Waals surface area contributed by atoms with Gasteiger partial charge in [0.2, 0.25) is 5.88 Å². The van der Waals surface area contributed by atoms with Gasteiger partial charge in [0.1, 0.15) is 4.90 Å². The lowest BCUT2D eigenvalue weighted by atomic mass is 9.95. The molecule has 29 heavy (non-hydrogen) atoms. The van der Waals surface area contributed by atoms with Gasteiger partial charge in [0.05, 0.1) is 12.8 Å².